The van der Waals surface area contributed by atoms with Gasteiger partial charge in [-0.2, -0.15) is 0 Å². The van der Waals surface area contributed by atoms with Crippen LogP contribution in [0.15, 0.2) is 0 Å². The molecule has 0 spiro atoms. The standard InChI is InChI=1S/C15H31NO/c1-3-5-6-7-8-9-10-14(16)13-11-12-17-15(13)4-2/h13-15H,3-12,16H2,1-2H3. The van der Waals surface area contributed by atoms with Crippen LogP contribution < -0.4 is 5.73 Å². The summed E-state index contributed by atoms with van der Waals surface area (Å²) in [5.74, 6) is 0.621. The van der Waals surface area contributed by atoms with Gasteiger partial charge in [-0.25, -0.2) is 0 Å². The summed E-state index contributed by atoms with van der Waals surface area (Å²) in [6.45, 7) is 5.40. The van der Waals surface area contributed by atoms with E-state index in [1.165, 1.54) is 51.4 Å². The largest absolute Gasteiger partial charge is 0.378 e. The van der Waals surface area contributed by atoms with Crippen LogP contribution in [0.1, 0.15) is 71.6 Å². The minimum atomic E-state index is 0.369. The predicted molar refractivity (Wildman–Crippen MR) is 74.1 cm³/mol. The van der Waals surface area contributed by atoms with Gasteiger partial charge in [-0.15, -0.1) is 0 Å². The zero-order valence-corrected chi connectivity index (χ0v) is 11.8. The van der Waals surface area contributed by atoms with E-state index in [2.05, 4.69) is 13.8 Å². The van der Waals surface area contributed by atoms with Crippen molar-refractivity contribution in [2.75, 3.05) is 6.61 Å². The molecule has 1 heterocycles. The van der Waals surface area contributed by atoms with E-state index in [-0.39, 0.29) is 0 Å². The minimum absolute atomic E-state index is 0.369. The monoisotopic (exact) mass is 241 g/mol. The smallest absolute Gasteiger partial charge is 0.0616 e. The number of nitrogens with two attached hydrogens (primary N) is 1. The Hall–Kier alpha value is -0.0800. The maximum Gasteiger partial charge on any atom is 0.0616 e. The zero-order chi connectivity index (χ0) is 12.5. The van der Waals surface area contributed by atoms with Crippen molar-refractivity contribution in [3.63, 3.8) is 0 Å². The van der Waals surface area contributed by atoms with Crippen LogP contribution >= 0.6 is 0 Å². The van der Waals surface area contributed by atoms with Gasteiger partial charge in [0.25, 0.3) is 0 Å². The lowest BCUT2D eigenvalue weighted by molar-refractivity contribution is 0.0803. The van der Waals surface area contributed by atoms with E-state index in [1.54, 1.807) is 0 Å². The average Bonchev–Trinajstić information content (AvgIpc) is 2.81. The molecule has 1 saturated heterocycles. The number of rotatable bonds is 9. The van der Waals surface area contributed by atoms with Gasteiger partial charge in [0.1, 0.15) is 0 Å². The fourth-order valence-electron chi connectivity index (χ4n) is 2.95. The summed E-state index contributed by atoms with van der Waals surface area (Å²) in [7, 11) is 0. The Morgan fingerprint density at radius 1 is 1.12 bits per heavy atom. The fourth-order valence-corrected chi connectivity index (χ4v) is 2.95. The second kappa shape index (κ2) is 8.93. The Kier molecular flexibility index (Phi) is 7.87. The van der Waals surface area contributed by atoms with Crippen LogP contribution in [0.2, 0.25) is 0 Å². The molecule has 0 aromatic rings. The van der Waals surface area contributed by atoms with Gasteiger partial charge in [0.2, 0.25) is 0 Å². The molecule has 0 amide bonds. The van der Waals surface area contributed by atoms with Gasteiger partial charge in [-0.3, -0.25) is 0 Å². The lowest BCUT2D eigenvalue weighted by Gasteiger charge is -2.23. The molecule has 1 rings (SSSR count). The van der Waals surface area contributed by atoms with Gasteiger partial charge in [-0.1, -0.05) is 52.4 Å². The number of hydrogen-bond acceptors (Lipinski definition) is 2. The summed E-state index contributed by atoms with van der Waals surface area (Å²) >= 11 is 0. The summed E-state index contributed by atoms with van der Waals surface area (Å²) < 4.78 is 5.72. The van der Waals surface area contributed by atoms with Crippen molar-refractivity contribution >= 4 is 0 Å². The van der Waals surface area contributed by atoms with Crippen molar-refractivity contribution < 1.29 is 4.74 Å². The molecule has 17 heavy (non-hydrogen) atoms. The molecule has 0 saturated carbocycles. The molecule has 3 atom stereocenters. The van der Waals surface area contributed by atoms with Crippen molar-refractivity contribution in [1.29, 1.82) is 0 Å². The fraction of sp³-hybridized carbons (Fsp3) is 1.00. The molecule has 2 nitrogen and oxygen atoms in total. The maximum absolute atomic E-state index is 6.31. The Labute approximate surface area is 107 Å². The van der Waals surface area contributed by atoms with Crippen LogP contribution in [0.3, 0.4) is 0 Å². The predicted octanol–water partition coefficient (Wildman–Crippen LogP) is 3.88. The van der Waals surface area contributed by atoms with Crippen molar-refractivity contribution in [1.82, 2.24) is 0 Å². The second-order valence-corrected chi connectivity index (χ2v) is 5.49. The number of unbranched alkanes of at least 4 members (excludes halogenated alkanes) is 5. The van der Waals surface area contributed by atoms with Crippen molar-refractivity contribution in [2.24, 2.45) is 11.7 Å². The van der Waals surface area contributed by atoms with Crippen LogP contribution in [0, 0.1) is 5.92 Å². The Morgan fingerprint density at radius 2 is 1.82 bits per heavy atom. The highest BCUT2D eigenvalue weighted by Crippen LogP contribution is 2.27. The number of ether oxygens (including phenoxy) is 1. The molecular formula is C15H31NO. The van der Waals surface area contributed by atoms with E-state index < -0.39 is 0 Å². The normalized spacial score (nSPS) is 26.3. The van der Waals surface area contributed by atoms with Crippen LogP contribution in [0.5, 0.6) is 0 Å². The molecule has 0 bridgehead atoms. The third kappa shape index (κ3) is 5.39. The second-order valence-electron chi connectivity index (χ2n) is 5.49. The molecule has 102 valence electrons. The molecule has 0 aromatic carbocycles. The van der Waals surface area contributed by atoms with E-state index in [1.807, 2.05) is 0 Å². The van der Waals surface area contributed by atoms with Gasteiger partial charge in [0.05, 0.1) is 6.10 Å². The van der Waals surface area contributed by atoms with Crippen LogP contribution in [-0.4, -0.2) is 18.8 Å². The van der Waals surface area contributed by atoms with Gasteiger partial charge in [0, 0.05) is 18.6 Å². The Bertz CT molecular complexity index is 184. The first-order valence-corrected chi connectivity index (χ1v) is 7.66. The number of hydrogen-bond donors (Lipinski definition) is 1. The minimum Gasteiger partial charge on any atom is -0.378 e. The third-order valence-corrected chi connectivity index (χ3v) is 4.10. The first-order valence-electron chi connectivity index (χ1n) is 7.66. The van der Waals surface area contributed by atoms with E-state index in [0.29, 0.717) is 18.1 Å². The molecule has 3 unspecified atom stereocenters. The van der Waals surface area contributed by atoms with E-state index in [0.717, 1.165) is 13.0 Å². The lowest BCUT2D eigenvalue weighted by atomic mass is 9.88. The molecule has 0 aromatic heterocycles. The molecule has 0 radical (unpaired) electrons. The molecule has 2 heteroatoms. The van der Waals surface area contributed by atoms with E-state index in [4.69, 9.17) is 10.5 Å². The van der Waals surface area contributed by atoms with Gasteiger partial charge < -0.3 is 10.5 Å². The van der Waals surface area contributed by atoms with Gasteiger partial charge >= 0.3 is 0 Å². The topological polar surface area (TPSA) is 35.2 Å². The van der Waals surface area contributed by atoms with Crippen molar-refractivity contribution in [3.8, 4) is 0 Å². The summed E-state index contributed by atoms with van der Waals surface area (Å²) in [5, 5.41) is 0. The van der Waals surface area contributed by atoms with Crippen LogP contribution in [-0.2, 0) is 4.74 Å². The maximum atomic E-state index is 6.31. The summed E-state index contributed by atoms with van der Waals surface area (Å²) in [4.78, 5) is 0. The molecule has 1 aliphatic rings. The quantitative estimate of drug-likeness (QED) is 0.622. The molecule has 1 aliphatic heterocycles. The van der Waals surface area contributed by atoms with Crippen molar-refractivity contribution in [2.45, 2.75) is 83.8 Å². The highest BCUT2D eigenvalue weighted by atomic mass is 16.5. The average molecular weight is 241 g/mol. The van der Waals surface area contributed by atoms with Crippen LogP contribution in [0.25, 0.3) is 0 Å². The molecular weight excluding hydrogens is 210 g/mol. The Balaban J connectivity index is 2.06. The van der Waals surface area contributed by atoms with Gasteiger partial charge in [-0.05, 0) is 19.3 Å². The summed E-state index contributed by atoms with van der Waals surface area (Å²) in [6.07, 6.45) is 12.1. The lowest BCUT2D eigenvalue weighted by Crippen LogP contribution is -2.35. The molecule has 1 fully saturated rings. The van der Waals surface area contributed by atoms with E-state index >= 15 is 0 Å². The molecule has 2 N–H and O–H groups in total. The SMILES string of the molecule is CCCCCCCCC(N)C1CCOC1CC. The van der Waals surface area contributed by atoms with Gasteiger partial charge in [0.15, 0.2) is 0 Å². The first kappa shape index (κ1) is 15.0. The van der Waals surface area contributed by atoms with Crippen molar-refractivity contribution in [3.05, 3.63) is 0 Å². The van der Waals surface area contributed by atoms with Crippen LogP contribution in [0.4, 0.5) is 0 Å². The first-order chi connectivity index (χ1) is 8.29. The molecule has 0 aliphatic carbocycles. The Morgan fingerprint density at radius 3 is 2.53 bits per heavy atom. The van der Waals surface area contributed by atoms with E-state index in [9.17, 15) is 0 Å². The highest BCUT2D eigenvalue weighted by molar-refractivity contribution is 4.83. The highest BCUT2D eigenvalue weighted by Gasteiger charge is 2.31. The third-order valence-electron chi connectivity index (χ3n) is 4.10. The zero-order valence-electron chi connectivity index (χ0n) is 11.8. The summed E-state index contributed by atoms with van der Waals surface area (Å²) in [6, 6.07) is 0.369. The summed E-state index contributed by atoms with van der Waals surface area (Å²) in [5.41, 5.74) is 6.31.